The predicted molar refractivity (Wildman–Crippen MR) is 103 cm³/mol. The molecule has 0 bridgehead atoms. The molecule has 2 aromatic rings. The third kappa shape index (κ3) is 3.55. The topological polar surface area (TPSA) is 0 Å². The molecular weight excluding hydrogens is 295 g/mol. The van der Waals surface area contributed by atoms with Gasteiger partial charge >= 0.3 is 0 Å². The van der Waals surface area contributed by atoms with Crippen LogP contribution in [-0.4, -0.2) is 0 Å². The lowest BCUT2D eigenvalue weighted by Gasteiger charge is -2.28. The highest BCUT2D eigenvalue weighted by molar-refractivity contribution is 5.41. The van der Waals surface area contributed by atoms with Gasteiger partial charge in [0.1, 0.15) is 5.82 Å². The van der Waals surface area contributed by atoms with Gasteiger partial charge in [-0.05, 0) is 104 Å². The molecule has 0 unspecified atom stereocenters. The number of hydrogen-bond donors (Lipinski definition) is 0. The van der Waals surface area contributed by atoms with Gasteiger partial charge in [-0.3, -0.25) is 0 Å². The van der Waals surface area contributed by atoms with Crippen LogP contribution in [0.25, 0.3) is 0 Å². The van der Waals surface area contributed by atoms with Gasteiger partial charge in [-0.2, -0.15) is 0 Å². The van der Waals surface area contributed by atoms with E-state index in [0.717, 1.165) is 29.5 Å². The Hall–Kier alpha value is -1.63. The number of halogens is 1. The van der Waals surface area contributed by atoms with Gasteiger partial charge < -0.3 is 0 Å². The summed E-state index contributed by atoms with van der Waals surface area (Å²) in [6.45, 7) is 17.0. The summed E-state index contributed by atoms with van der Waals surface area (Å²) >= 11 is 0. The van der Waals surface area contributed by atoms with Gasteiger partial charge in [-0.25, -0.2) is 4.39 Å². The molecule has 0 N–H and O–H groups in total. The Morgan fingerprint density at radius 2 is 1.25 bits per heavy atom. The van der Waals surface area contributed by atoms with Crippen molar-refractivity contribution in [1.29, 1.82) is 0 Å². The van der Waals surface area contributed by atoms with Gasteiger partial charge in [0.25, 0.3) is 0 Å². The molecule has 0 spiro atoms. The Morgan fingerprint density at radius 3 is 1.79 bits per heavy atom. The van der Waals surface area contributed by atoms with Crippen molar-refractivity contribution in [3.63, 3.8) is 0 Å². The standard InChI is InChI=1S/C23H31F/c1-14-11-17(4)22(24)21(19(14)6)9-10-23(7,8)20-12-15(2)18(5)16(3)13-20/h11-13H,9-10H2,1-8H3. The first-order valence-corrected chi connectivity index (χ1v) is 8.88. The van der Waals surface area contributed by atoms with E-state index < -0.39 is 0 Å². The maximum Gasteiger partial charge on any atom is 0.129 e. The van der Waals surface area contributed by atoms with Crippen LogP contribution >= 0.6 is 0 Å². The summed E-state index contributed by atoms with van der Waals surface area (Å²) in [5, 5.41) is 0. The number of hydrogen-bond acceptors (Lipinski definition) is 0. The third-order valence-corrected chi connectivity index (χ3v) is 5.80. The molecule has 0 amide bonds. The summed E-state index contributed by atoms with van der Waals surface area (Å²) in [4.78, 5) is 0. The first-order valence-electron chi connectivity index (χ1n) is 8.88. The largest absolute Gasteiger partial charge is 0.206 e. The second-order valence-electron chi connectivity index (χ2n) is 8.05. The van der Waals surface area contributed by atoms with Crippen LogP contribution in [-0.2, 0) is 11.8 Å². The van der Waals surface area contributed by atoms with E-state index in [2.05, 4.69) is 53.7 Å². The summed E-state index contributed by atoms with van der Waals surface area (Å²) in [6.07, 6.45) is 1.72. The molecule has 0 radical (unpaired) electrons. The monoisotopic (exact) mass is 326 g/mol. The normalized spacial score (nSPS) is 11.9. The van der Waals surface area contributed by atoms with E-state index in [-0.39, 0.29) is 11.2 Å². The fourth-order valence-corrected chi connectivity index (χ4v) is 3.44. The maximum absolute atomic E-state index is 14.6. The Labute approximate surface area is 147 Å². The minimum absolute atomic E-state index is 0.0230. The molecule has 0 aliphatic rings. The van der Waals surface area contributed by atoms with E-state index in [4.69, 9.17) is 0 Å². The molecule has 0 aliphatic carbocycles. The highest BCUT2D eigenvalue weighted by Crippen LogP contribution is 2.33. The molecule has 2 rings (SSSR count). The minimum Gasteiger partial charge on any atom is -0.206 e. The van der Waals surface area contributed by atoms with Crippen molar-refractivity contribution in [1.82, 2.24) is 0 Å². The smallest absolute Gasteiger partial charge is 0.129 e. The van der Waals surface area contributed by atoms with Gasteiger partial charge in [0.2, 0.25) is 0 Å². The zero-order valence-corrected chi connectivity index (χ0v) is 16.5. The minimum atomic E-state index is -0.0230. The van der Waals surface area contributed by atoms with Crippen LogP contribution in [0.1, 0.15) is 64.8 Å². The average molecular weight is 326 g/mol. The molecule has 0 fully saturated rings. The van der Waals surface area contributed by atoms with E-state index in [9.17, 15) is 4.39 Å². The molecular formula is C23H31F. The van der Waals surface area contributed by atoms with Crippen LogP contribution < -0.4 is 0 Å². The zero-order chi connectivity index (χ0) is 18.2. The van der Waals surface area contributed by atoms with Crippen molar-refractivity contribution in [2.24, 2.45) is 0 Å². The third-order valence-electron chi connectivity index (χ3n) is 5.80. The van der Waals surface area contributed by atoms with E-state index in [1.807, 2.05) is 19.9 Å². The lowest BCUT2D eigenvalue weighted by Crippen LogP contribution is -2.19. The lowest BCUT2D eigenvalue weighted by atomic mass is 9.77. The average Bonchev–Trinajstić information content (AvgIpc) is 2.50. The predicted octanol–water partition coefficient (Wildman–Crippen LogP) is 6.59. The van der Waals surface area contributed by atoms with Crippen LogP contribution in [0.4, 0.5) is 4.39 Å². The summed E-state index contributed by atoms with van der Waals surface area (Å²) < 4.78 is 14.6. The molecule has 1 heteroatoms. The van der Waals surface area contributed by atoms with Gasteiger partial charge in [-0.15, -0.1) is 0 Å². The van der Waals surface area contributed by atoms with Gasteiger partial charge in [-0.1, -0.05) is 32.0 Å². The van der Waals surface area contributed by atoms with Crippen molar-refractivity contribution < 1.29 is 4.39 Å². The highest BCUT2D eigenvalue weighted by atomic mass is 19.1. The van der Waals surface area contributed by atoms with Crippen molar-refractivity contribution in [3.8, 4) is 0 Å². The van der Waals surface area contributed by atoms with E-state index >= 15 is 0 Å². The quantitative estimate of drug-likeness (QED) is 0.595. The van der Waals surface area contributed by atoms with Crippen LogP contribution in [0, 0.1) is 47.4 Å². The Balaban J connectivity index is 2.32. The van der Waals surface area contributed by atoms with Gasteiger partial charge in [0.05, 0.1) is 0 Å². The van der Waals surface area contributed by atoms with Crippen LogP contribution in [0.5, 0.6) is 0 Å². The molecule has 0 nitrogen and oxygen atoms in total. The molecule has 2 aromatic carbocycles. The van der Waals surface area contributed by atoms with Crippen molar-refractivity contribution in [2.45, 2.75) is 73.6 Å². The summed E-state index contributed by atoms with van der Waals surface area (Å²) in [5.74, 6) is -0.0230. The van der Waals surface area contributed by atoms with Gasteiger partial charge in [0, 0.05) is 0 Å². The fourth-order valence-electron chi connectivity index (χ4n) is 3.44. The van der Waals surface area contributed by atoms with Crippen molar-refractivity contribution >= 4 is 0 Å². The zero-order valence-electron chi connectivity index (χ0n) is 16.5. The second-order valence-corrected chi connectivity index (χ2v) is 8.05. The Bertz CT molecular complexity index is 717. The van der Waals surface area contributed by atoms with E-state index in [0.29, 0.717) is 0 Å². The molecule has 0 saturated carbocycles. The fraction of sp³-hybridized carbons (Fsp3) is 0.478. The van der Waals surface area contributed by atoms with Crippen molar-refractivity contribution in [2.75, 3.05) is 0 Å². The van der Waals surface area contributed by atoms with Crippen molar-refractivity contribution in [3.05, 3.63) is 68.5 Å². The number of aryl methyl sites for hydroxylation is 4. The van der Waals surface area contributed by atoms with Gasteiger partial charge in [0.15, 0.2) is 0 Å². The number of rotatable bonds is 4. The maximum atomic E-state index is 14.6. The first kappa shape index (κ1) is 18.7. The number of benzene rings is 2. The first-order chi connectivity index (χ1) is 11.0. The Kier molecular flexibility index (Phi) is 5.22. The van der Waals surface area contributed by atoms with E-state index in [1.165, 1.54) is 27.8 Å². The lowest BCUT2D eigenvalue weighted by molar-refractivity contribution is 0.470. The van der Waals surface area contributed by atoms with E-state index in [1.54, 1.807) is 0 Å². The highest BCUT2D eigenvalue weighted by Gasteiger charge is 2.23. The summed E-state index contributed by atoms with van der Waals surface area (Å²) in [7, 11) is 0. The van der Waals surface area contributed by atoms with Crippen LogP contribution in [0.2, 0.25) is 0 Å². The molecule has 0 heterocycles. The Morgan fingerprint density at radius 1 is 0.750 bits per heavy atom. The molecule has 0 atom stereocenters. The molecule has 0 aliphatic heterocycles. The van der Waals surface area contributed by atoms with Crippen LogP contribution in [0.15, 0.2) is 18.2 Å². The molecule has 0 aromatic heterocycles. The summed E-state index contributed by atoms with van der Waals surface area (Å²) in [6, 6.07) is 6.55. The molecule has 130 valence electrons. The molecule has 24 heavy (non-hydrogen) atoms. The second kappa shape index (κ2) is 6.70. The van der Waals surface area contributed by atoms with Crippen LogP contribution in [0.3, 0.4) is 0 Å². The molecule has 0 saturated heterocycles. The summed E-state index contributed by atoms with van der Waals surface area (Å²) in [5.41, 5.74) is 9.36. The SMILES string of the molecule is Cc1cc(C(C)(C)CCc2c(C)c(C)cc(C)c2F)cc(C)c1C.